The molecule has 0 aliphatic heterocycles. The van der Waals surface area contributed by atoms with Gasteiger partial charge in [-0.3, -0.25) is 4.79 Å². The number of rotatable bonds is 3. The number of nitrogens with one attached hydrogen (secondary N) is 1. The number of aromatic carboxylic acids is 1. The second kappa shape index (κ2) is 6.15. The molecule has 0 fully saturated rings. The summed E-state index contributed by atoms with van der Waals surface area (Å²) in [6.07, 6.45) is 0. The van der Waals surface area contributed by atoms with Crippen LogP contribution in [0.2, 0.25) is 5.02 Å². The molecule has 0 unspecified atom stereocenters. The summed E-state index contributed by atoms with van der Waals surface area (Å²) in [6, 6.07) is 8.52. The number of anilines is 1. The SMILES string of the molecule is O=C(Nc1ccc(C(=O)O)c(Cl)c1)c1ccc(Br)cc1O. The summed E-state index contributed by atoms with van der Waals surface area (Å²) >= 11 is 9.00. The van der Waals surface area contributed by atoms with Crippen molar-refractivity contribution in [1.29, 1.82) is 0 Å². The Kier molecular flexibility index (Phi) is 4.50. The quantitative estimate of drug-likeness (QED) is 0.768. The Hall–Kier alpha value is -2.05. The number of carboxylic acid groups (broad SMARTS) is 1. The van der Waals surface area contributed by atoms with Crippen molar-refractivity contribution >= 4 is 45.1 Å². The molecule has 2 aromatic carbocycles. The van der Waals surface area contributed by atoms with Gasteiger partial charge >= 0.3 is 5.97 Å². The molecule has 0 bridgehead atoms. The zero-order valence-corrected chi connectivity index (χ0v) is 12.8. The molecule has 21 heavy (non-hydrogen) atoms. The number of carbonyl (C=O) groups is 2. The monoisotopic (exact) mass is 369 g/mol. The van der Waals surface area contributed by atoms with Gasteiger partial charge in [0.1, 0.15) is 5.75 Å². The third kappa shape index (κ3) is 3.53. The Balaban J connectivity index is 2.23. The molecule has 2 aromatic rings. The summed E-state index contributed by atoms with van der Waals surface area (Å²) in [5.74, 6) is -1.85. The van der Waals surface area contributed by atoms with Gasteiger partial charge in [0.15, 0.2) is 0 Å². The van der Waals surface area contributed by atoms with Crippen LogP contribution in [-0.2, 0) is 0 Å². The van der Waals surface area contributed by atoms with Crippen LogP contribution in [0.25, 0.3) is 0 Å². The molecule has 0 aliphatic rings. The number of halogens is 2. The Labute approximate surface area is 133 Å². The highest BCUT2D eigenvalue weighted by Crippen LogP contribution is 2.25. The fourth-order valence-corrected chi connectivity index (χ4v) is 2.27. The maximum Gasteiger partial charge on any atom is 0.337 e. The Morgan fingerprint density at radius 3 is 2.33 bits per heavy atom. The van der Waals surface area contributed by atoms with Crippen molar-refractivity contribution in [3.05, 3.63) is 57.0 Å². The van der Waals surface area contributed by atoms with E-state index in [-0.39, 0.29) is 21.9 Å². The Bertz CT molecular complexity index is 733. The number of hydrogen-bond acceptors (Lipinski definition) is 3. The molecule has 0 radical (unpaired) electrons. The molecule has 1 amide bonds. The van der Waals surface area contributed by atoms with Crippen LogP contribution in [0, 0.1) is 0 Å². The van der Waals surface area contributed by atoms with Crippen LogP contribution < -0.4 is 5.32 Å². The van der Waals surface area contributed by atoms with Gasteiger partial charge in [0.25, 0.3) is 5.91 Å². The fourth-order valence-electron chi connectivity index (χ4n) is 1.66. The first-order valence-corrected chi connectivity index (χ1v) is 6.88. The third-order valence-corrected chi connectivity index (χ3v) is 3.47. The number of aromatic hydroxyl groups is 1. The van der Waals surface area contributed by atoms with Crippen LogP contribution in [0.5, 0.6) is 5.75 Å². The van der Waals surface area contributed by atoms with Gasteiger partial charge in [0.2, 0.25) is 0 Å². The Morgan fingerprint density at radius 1 is 1.10 bits per heavy atom. The molecule has 0 atom stereocenters. The molecule has 0 heterocycles. The minimum Gasteiger partial charge on any atom is -0.507 e. The summed E-state index contributed by atoms with van der Waals surface area (Å²) in [5, 5.41) is 21.1. The lowest BCUT2D eigenvalue weighted by atomic mass is 10.1. The standard InChI is InChI=1S/C14H9BrClNO4/c15-7-1-3-10(12(18)5-7)13(19)17-8-2-4-9(14(20)21)11(16)6-8/h1-6,18H,(H,17,19)(H,20,21). The molecule has 0 aromatic heterocycles. The largest absolute Gasteiger partial charge is 0.507 e. The van der Waals surface area contributed by atoms with Crippen molar-refractivity contribution in [1.82, 2.24) is 0 Å². The normalized spacial score (nSPS) is 10.2. The van der Waals surface area contributed by atoms with E-state index in [9.17, 15) is 14.7 Å². The lowest BCUT2D eigenvalue weighted by Crippen LogP contribution is -2.12. The molecule has 5 nitrogen and oxygen atoms in total. The number of carboxylic acids is 1. The van der Waals surface area contributed by atoms with Crippen LogP contribution in [0.4, 0.5) is 5.69 Å². The fraction of sp³-hybridized carbons (Fsp3) is 0. The van der Waals surface area contributed by atoms with Crippen molar-refractivity contribution in [2.45, 2.75) is 0 Å². The van der Waals surface area contributed by atoms with Gasteiger partial charge in [-0.15, -0.1) is 0 Å². The van der Waals surface area contributed by atoms with Crippen molar-refractivity contribution in [3.63, 3.8) is 0 Å². The summed E-state index contributed by atoms with van der Waals surface area (Å²) in [4.78, 5) is 22.9. The predicted octanol–water partition coefficient (Wildman–Crippen LogP) is 3.76. The molecule has 2 rings (SSSR count). The van der Waals surface area contributed by atoms with Gasteiger partial charge in [-0.25, -0.2) is 4.79 Å². The summed E-state index contributed by atoms with van der Waals surface area (Å²) in [7, 11) is 0. The third-order valence-electron chi connectivity index (χ3n) is 2.66. The van der Waals surface area contributed by atoms with E-state index in [1.54, 1.807) is 6.07 Å². The van der Waals surface area contributed by atoms with Crippen LogP contribution in [0.3, 0.4) is 0 Å². The van der Waals surface area contributed by atoms with E-state index >= 15 is 0 Å². The highest BCUT2D eigenvalue weighted by Gasteiger charge is 2.13. The van der Waals surface area contributed by atoms with E-state index in [0.717, 1.165) is 0 Å². The van der Waals surface area contributed by atoms with E-state index in [1.807, 2.05) is 0 Å². The molecule has 7 heteroatoms. The lowest BCUT2D eigenvalue weighted by molar-refractivity contribution is 0.0697. The number of phenols is 1. The van der Waals surface area contributed by atoms with Gasteiger partial charge in [0, 0.05) is 10.2 Å². The van der Waals surface area contributed by atoms with E-state index in [1.165, 1.54) is 30.3 Å². The van der Waals surface area contributed by atoms with E-state index in [0.29, 0.717) is 10.2 Å². The lowest BCUT2D eigenvalue weighted by Gasteiger charge is -2.08. The van der Waals surface area contributed by atoms with E-state index in [4.69, 9.17) is 16.7 Å². The van der Waals surface area contributed by atoms with Crippen molar-refractivity contribution in [2.75, 3.05) is 5.32 Å². The number of amides is 1. The van der Waals surface area contributed by atoms with E-state index < -0.39 is 11.9 Å². The highest BCUT2D eigenvalue weighted by molar-refractivity contribution is 9.10. The molecule has 108 valence electrons. The average molecular weight is 371 g/mol. The predicted molar refractivity (Wildman–Crippen MR) is 82.2 cm³/mol. The zero-order valence-electron chi connectivity index (χ0n) is 10.4. The number of carbonyl (C=O) groups excluding carboxylic acids is 1. The van der Waals surface area contributed by atoms with Gasteiger partial charge in [0.05, 0.1) is 16.1 Å². The summed E-state index contributed by atoms with van der Waals surface area (Å²) < 4.78 is 0.644. The first-order chi connectivity index (χ1) is 9.88. The van der Waals surface area contributed by atoms with Gasteiger partial charge < -0.3 is 15.5 Å². The van der Waals surface area contributed by atoms with Crippen molar-refractivity contribution < 1.29 is 19.8 Å². The second-order valence-electron chi connectivity index (χ2n) is 4.12. The molecule has 0 aliphatic carbocycles. The highest BCUT2D eigenvalue weighted by atomic mass is 79.9. The van der Waals surface area contributed by atoms with Crippen molar-refractivity contribution in [2.24, 2.45) is 0 Å². The second-order valence-corrected chi connectivity index (χ2v) is 5.44. The summed E-state index contributed by atoms with van der Waals surface area (Å²) in [6.45, 7) is 0. The molecular weight excluding hydrogens is 362 g/mol. The molecular formula is C14H9BrClNO4. The van der Waals surface area contributed by atoms with Crippen LogP contribution in [0.15, 0.2) is 40.9 Å². The molecule has 0 saturated carbocycles. The van der Waals surface area contributed by atoms with Crippen LogP contribution >= 0.6 is 27.5 Å². The maximum absolute atomic E-state index is 12.0. The summed E-state index contributed by atoms with van der Waals surface area (Å²) in [5.41, 5.74) is 0.370. The van der Waals surface area contributed by atoms with Crippen LogP contribution in [0.1, 0.15) is 20.7 Å². The van der Waals surface area contributed by atoms with Gasteiger partial charge in [-0.05, 0) is 36.4 Å². The average Bonchev–Trinajstić information content (AvgIpc) is 2.37. The van der Waals surface area contributed by atoms with Crippen LogP contribution in [-0.4, -0.2) is 22.1 Å². The Morgan fingerprint density at radius 2 is 1.76 bits per heavy atom. The van der Waals surface area contributed by atoms with Gasteiger partial charge in [-0.2, -0.15) is 0 Å². The number of benzene rings is 2. The first-order valence-electron chi connectivity index (χ1n) is 5.71. The smallest absolute Gasteiger partial charge is 0.337 e. The molecule has 0 saturated heterocycles. The van der Waals surface area contributed by atoms with E-state index in [2.05, 4.69) is 21.2 Å². The maximum atomic E-state index is 12.0. The minimum atomic E-state index is -1.15. The van der Waals surface area contributed by atoms with Gasteiger partial charge in [-0.1, -0.05) is 27.5 Å². The minimum absolute atomic E-state index is 0.0142. The number of phenolic OH excluding ortho intramolecular Hbond substituents is 1. The first kappa shape index (κ1) is 15.3. The molecule has 3 N–H and O–H groups in total. The zero-order chi connectivity index (χ0) is 15.6. The molecule has 0 spiro atoms. The number of hydrogen-bond donors (Lipinski definition) is 3. The van der Waals surface area contributed by atoms with Crippen molar-refractivity contribution in [3.8, 4) is 5.75 Å². The topological polar surface area (TPSA) is 86.6 Å².